The summed E-state index contributed by atoms with van der Waals surface area (Å²) >= 11 is 1.63. The van der Waals surface area contributed by atoms with Gasteiger partial charge in [0, 0.05) is 12.0 Å². The van der Waals surface area contributed by atoms with E-state index in [1.54, 1.807) is 17.4 Å². The molecule has 1 fully saturated rings. The third-order valence-corrected chi connectivity index (χ3v) is 5.44. The van der Waals surface area contributed by atoms with Gasteiger partial charge in [-0.1, -0.05) is 19.8 Å². The number of hydrogen-bond acceptors (Lipinski definition) is 5. The Morgan fingerprint density at radius 1 is 1.41 bits per heavy atom. The molecule has 0 atom stereocenters. The lowest BCUT2D eigenvalue weighted by Crippen LogP contribution is -1.96. The zero-order valence-corrected chi connectivity index (χ0v) is 13.2. The topological polar surface area (TPSA) is 76.3 Å². The Kier molecular flexibility index (Phi) is 4.11. The van der Waals surface area contributed by atoms with E-state index in [2.05, 4.69) is 6.92 Å². The number of nitrogens with zero attached hydrogens (tertiary/aromatic N) is 2. The molecule has 22 heavy (non-hydrogen) atoms. The highest BCUT2D eigenvalue weighted by atomic mass is 32.1. The van der Waals surface area contributed by atoms with E-state index in [4.69, 9.17) is 4.98 Å². The van der Waals surface area contributed by atoms with Crippen molar-refractivity contribution in [1.82, 2.24) is 4.98 Å². The van der Waals surface area contributed by atoms with Gasteiger partial charge in [0.05, 0.1) is 20.5 Å². The van der Waals surface area contributed by atoms with Crippen molar-refractivity contribution in [1.29, 1.82) is 0 Å². The third kappa shape index (κ3) is 2.70. The predicted molar refractivity (Wildman–Crippen MR) is 86.5 cm³/mol. The normalized spacial score (nSPS) is 15.3. The average molecular weight is 318 g/mol. The van der Waals surface area contributed by atoms with Crippen molar-refractivity contribution < 1.29 is 10.0 Å². The van der Waals surface area contributed by atoms with Crippen LogP contribution in [0.25, 0.3) is 10.4 Å². The van der Waals surface area contributed by atoms with Gasteiger partial charge in [-0.25, -0.2) is 4.98 Å². The average Bonchev–Trinajstić information content (AvgIpc) is 3.15. The molecule has 1 aliphatic rings. The van der Waals surface area contributed by atoms with E-state index < -0.39 is 4.92 Å². The summed E-state index contributed by atoms with van der Waals surface area (Å²) < 4.78 is 0. The van der Waals surface area contributed by atoms with Crippen LogP contribution in [0.15, 0.2) is 18.2 Å². The lowest BCUT2D eigenvalue weighted by atomic mass is 10.00. The van der Waals surface area contributed by atoms with E-state index in [0.717, 1.165) is 40.4 Å². The largest absolute Gasteiger partial charge is 0.502 e. The van der Waals surface area contributed by atoms with Gasteiger partial charge in [-0.15, -0.1) is 11.3 Å². The molecule has 1 aliphatic carbocycles. The van der Waals surface area contributed by atoms with E-state index in [1.165, 1.54) is 25.0 Å². The Labute approximate surface area is 132 Å². The predicted octanol–water partition coefficient (Wildman–Crippen LogP) is 4.64. The molecule has 3 rings (SSSR count). The standard InChI is InChI=1S/C16H18N2O3S/c1-2-14-17-15(10-5-3-4-6-10)16(22-14)11-7-8-12(18(20)21)13(19)9-11/h7-10,19H,2-6H2,1H3. The maximum atomic E-state index is 10.8. The highest BCUT2D eigenvalue weighted by Crippen LogP contribution is 2.43. The number of aromatic hydroxyl groups is 1. The molecule has 5 nitrogen and oxygen atoms in total. The summed E-state index contributed by atoms with van der Waals surface area (Å²) in [4.78, 5) is 16.1. The molecule has 1 aromatic carbocycles. The Balaban J connectivity index is 2.05. The second kappa shape index (κ2) is 6.04. The van der Waals surface area contributed by atoms with Crippen LogP contribution in [0.3, 0.4) is 0 Å². The summed E-state index contributed by atoms with van der Waals surface area (Å²) in [5.41, 5.74) is 1.67. The van der Waals surface area contributed by atoms with Crippen molar-refractivity contribution in [2.75, 3.05) is 0 Å². The number of hydrogen-bond donors (Lipinski definition) is 1. The smallest absolute Gasteiger partial charge is 0.310 e. The number of benzene rings is 1. The van der Waals surface area contributed by atoms with Crippen LogP contribution in [0.1, 0.15) is 49.2 Å². The summed E-state index contributed by atoms with van der Waals surface area (Å²) in [5.74, 6) is 0.190. The van der Waals surface area contributed by atoms with Crippen LogP contribution < -0.4 is 0 Å². The van der Waals surface area contributed by atoms with E-state index in [9.17, 15) is 15.2 Å². The molecule has 1 heterocycles. The number of nitro benzene ring substituents is 1. The molecule has 0 spiro atoms. The second-order valence-electron chi connectivity index (χ2n) is 5.62. The number of nitro groups is 1. The molecule has 2 aromatic rings. The number of aromatic nitrogens is 1. The minimum atomic E-state index is -0.568. The molecule has 116 valence electrons. The number of phenolic OH excluding ortho intramolecular Hbond substituents is 1. The van der Waals surface area contributed by atoms with Gasteiger partial charge >= 0.3 is 5.69 Å². The summed E-state index contributed by atoms with van der Waals surface area (Å²) in [6.07, 6.45) is 5.64. The lowest BCUT2D eigenvalue weighted by molar-refractivity contribution is -0.385. The maximum Gasteiger partial charge on any atom is 0.310 e. The quantitative estimate of drug-likeness (QED) is 0.658. The number of rotatable bonds is 4. The molecule has 1 N–H and O–H groups in total. The fraction of sp³-hybridized carbons (Fsp3) is 0.438. The van der Waals surface area contributed by atoms with Crippen molar-refractivity contribution in [3.63, 3.8) is 0 Å². The van der Waals surface area contributed by atoms with Gasteiger partial charge in [0.15, 0.2) is 5.75 Å². The highest BCUT2D eigenvalue weighted by molar-refractivity contribution is 7.15. The monoisotopic (exact) mass is 318 g/mol. The molecule has 0 saturated heterocycles. The zero-order chi connectivity index (χ0) is 15.7. The highest BCUT2D eigenvalue weighted by Gasteiger charge is 2.25. The second-order valence-corrected chi connectivity index (χ2v) is 6.70. The van der Waals surface area contributed by atoms with Crippen molar-refractivity contribution in [3.05, 3.63) is 39.0 Å². The Bertz CT molecular complexity index is 705. The molecule has 6 heteroatoms. The van der Waals surface area contributed by atoms with Crippen molar-refractivity contribution >= 4 is 17.0 Å². The van der Waals surface area contributed by atoms with Gasteiger partial charge in [-0.3, -0.25) is 10.1 Å². The van der Waals surface area contributed by atoms with Crippen molar-refractivity contribution in [3.8, 4) is 16.2 Å². The van der Waals surface area contributed by atoms with Gasteiger partial charge in [-0.2, -0.15) is 0 Å². The van der Waals surface area contributed by atoms with Crippen LogP contribution in [-0.2, 0) is 6.42 Å². The lowest BCUT2D eigenvalue weighted by Gasteiger charge is -2.09. The Morgan fingerprint density at radius 2 is 2.14 bits per heavy atom. The van der Waals surface area contributed by atoms with Crippen LogP contribution in [-0.4, -0.2) is 15.0 Å². The first-order valence-electron chi connectivity index (χ1n) is 7.57. The summed E-state index contributed by atoms with van der Waals surface area (Å²) in [6.45, 7) is 2.08. The van der Waals surface area contributed by atoms with Gasteiger partial charge < -0.3 is 5.11 Å². The molecule has 0 amide bonds. The number of aryl methyl sites for hydroxylation is 1. The van der Waals surface area contributed by atoms with E-state index in [0.29, 0.717) is 5.92 Å². The number of thiazole rings is 1. The fourth-order valence-electron chi connectivity index (χ4n) is 3.03. The molecule has 1 saturated carbocycles. The van der Waals surface area contributed by atoms with Crippen LogP contribution in [0.2, 0.25) is 0 Å². The maximum absolute atomic E-state index is 10.8. The zero-order valence-electron chi connectivity index (χ0n) is 12.4. The summed E-state index contributed by atoms with van der Waals surface area (Å²) in [7, 11) is 0. The van der Waals surface area contributed by atoms with Gasteiger partial charge in [-0.05, 0) is 37.0 Å². The Morgan fingerprint density at radius 3 is 2.73 bits per heavy atom. The van der Waals surface area contributed by atoms with Crippen molar-refractivity contribution in [2.24, 2.45) is 0 Å². The summed E-state index contributed by atoms with van der Waals surface area (Å²) in [5, 5.41) is 21.8. The van der Waals surface area contributed by atoms with Gasteiger partial charge in [0.25, 0.3) is 0 Å². The van der Waals surface area contributed by atoms with Gasteiger partial charge in [0.2, 0.25) is 0 Å². The van der Waals surface area contributed by atoms with Crippen LogP contribution >= 0.6 is 11.3 Å². The van der Waals surface area contributed by atoms with Crippen LogP contribution in [0.5, 0.6) is 5.75 Å². The minimum Gasteiger partial charge on any atom is -0.502 e. The third-order valence-electron chi connectivity index (χ3n) is 4.18. The first-order chi connectivity index (χ1) is 10.6. The van der Waals surface area contributed by atoms with Crippen LogP contribution in [0, 0.1) is 10.1 Å². The Hall–Kier alpha value is -1.95. The SMILES string of the molecule is CCc1nc(C2CCCC2)c(-c2ccc([N+](=O)[O-])c(O)c2)s1. The molecular formula is C16H18N2O3S. The molecule has 0 aliphatic heterocycles. The summed E-state index contributed by atoms with van der Waals surface area (Å²) in [6, 6.07) is 4.57. The number of phenols is 1. The molecular weight excluding hydrogens is 300 g/mol. The van der Waals surface area contributed by atoms with Crippen LogP contribution in [0.4, 0.5) is 5.69 Å². The minimum absolute atomic E-state index is 0.258. The van der Waals surface area contributed by atoms with E-state index in [-0.39, 0.29) is 11.4 Å². The van der Waals surface area contributed by atoms with E-state index in [1.807, 2.05) is 0 Å². The van der Waals surface area contributed by atoms with Crippen molar-refractivity contribution in [2.45, 2.75) is 44.9 Å². The molecule has 0 radical (unpaired) electrons. The fourth-order valence-corrected chi connectivity index (χ4v) is 4.12. The first-order valence-corrected chi connectivity index (χ1v) is 8.39. The van der Waals surface area contributed by atoms with E-state index >= 15 is 0 Å². The molecule has 1 aromatic heterocycles. The van der Waals surface area contributed by atoms with Gasteiger partial charge in [0.1, 0.15) is 0 Å². The molecule has 0 unspecified atom stereocenters. The first kappa shape index (κ1) is 15.0. The molecule has 0 bridgehead atoms.